The number of thiocarbonyl (C=S) groups is 1. The molecule has 0 N–H and O–H groups in total. The number of rotatable bonds is 11. The summed E-state index contributed by atoms with van der Waals surface area (Å²) in [6, 6.07) is 15.1. The monoisotopic (exact) mass is 579 g/mol. The first-order chi connectivity index (χ1) is 19.5. The minimum absolute atomic E-state index is 0.0356. The highest BCUT2D eigenvalue weighted by molar-refractivity contribution is 8.26. The first-order valence-electron chi connectivity index (χ1n) is 13.5. The summed E-state index contributed by atoms with van der Waals surface area (Å²) in [7, 11) is 1.62. The molecule has 40 heavy (non-hydrogen) atoms. The van der Waals surface area contributed by atoms with E-state index in [1.165, 1.54) is 31.0 Å². The summed E-state index contributed by atoms with van der Waals surface area (Å²) in [5.41, 5.74) is 0.895. The Balaban J connectivity index is 1.18. The van der Waals surface area contributed by atoms with Crippen molar-refractivity contribution in [2.24, 2.45) is 0 Å². The van der Waals surface area contributed by atoms with Crippen LogP contribution in [0.25, 0.3) is 6.08 Å². The van der Waals surface area contributed by atoms with E-state index in [-0.39, 0.29) is 18.2 Å². The average molecular weight is 580 g/mol. The molecule has 210 valence electrons. The number of benzene rings is 1. The molecule has 2 aliphatic heterocycles. The molecule has 8 nitrogen and oxygen atoms in total. The lowest BCUT2D eigenvalue weighted by Crippen LogP contribution is -2.32. The second-order valence-corrected chi connectivity index (χ2v) is 11.5. The van der Waals surface area contributed by atoms with Crippen LogP contribution in [0.2, 0.25) is 0 Å². The van der Waals surface area contributed by atoms with Crippen LogP contribution in [0, 0.1) is 0 Å². The number of furan rings is 2. The molecular formula is C30H33N3O5S2. The quantitative estimate of drug-likeness (QED) is 0.200. The van der Waals surface area contributed by atoms with Gasteiger partial charge in [-0.15, -0.1) is 0 Å². The lowest BCUT2D eigenvalue weighted by atomic mass is 10.1. The van der Waals surface area contributed by atoms with Gasteiger partial charge in [0.05, 0.1) is 31.4 Å². The third-order valence-electron chi connectivity index (χ3n) is 7.00. The Kier molecular flexibility index (Phi) is 9.28. The Hall–Kier alpha value is -3.50. The number of carbonyl (C=O) groups is 2. The zero-order valence-electron chi connectivity index (χ0n) is 22.5. The van der Waals surface area contributed by atoms with Crippen molar-refractivity contribution in [2.75, 3.05) is 31.6 Å². The van der Waals surface area contributed by atoms with Gasteiger partial charge in [-0.3, -0.25) is 14.5 Å². The number of hydrogen-bond donors (Lipinski definition) is 0. The van der Waals surface area contributed by atoms with Crippen LogP contribution < -0.4 is 9.64 Å². The predicted octanol–water partition coefficient (Wildman–Crippen LogP) is 6.08. The van der Waals surface area contributed by atoms with Crippen LogP contribution in [0.3, 0.4) is 0 Å². The van der Waals surface area contributed by atoms with Crippen molar-refractivity contribution in [3.05, 3.63) is 76.8 Å². The van der Waals surface area contributed by atoms with Gasteiger partial charge in [-0.05, 0) is 67.7 Å². The molecule has 0 atom stereocenters. The number of hydrogen-bond acceptors (Lipinski definition) is 8. The van der Waals surface area contributed by atoms with E-state index in [2.05, 4.69) is 4.90 Å². The molecular weight excluding hydrogens is 546 g/mol. The topological polar surface area (TPSA) is 79.4 Å². The Labute approximate surface area is 243 Å². The first-order valence-corrected chi connectivity index (χ1v) is 14.8. The van der Waals surface area contributed by atoms with E-state index in [1.54, 1.807) is 23.2 Å². The third kappa shape index (κ3) is 6.98. The Morgan fingerprint density at radius 3 is 2.58 bits per heavy atom. The number of anilines is 1. The van der Waals surface area contributed by atoms with Crippen molar-refractivity contribution in [1.82, 2.24) is 9.80 Å². The van der Waals surface area contributed by atoms with E-state index in [9.17, 15) is 9.59 Å². The molecule has 0 saturated carbocycles. The highest BCUT2D eigenvalue weighted by atomic mass is 32.2. The van der Waals surface area contributed by atoms with Crippen LogP contribution >= 0.6 is 24.0 Å². The van der Waals surface area contributed by atoms with Crippen molar-refractivity contribution in [1.29, 1.82) is 0 Å². The maximum absolute atomic E-state index is 13.3. The van der Waals surface area contributed by atoms with E-state index in [4.69, 9.17) is 25.8 Å². The lowest BCUT2D eigenvalue weighted by molar-refractivity contribution is -0.133. The minimum Gasteiger partial charge on any atom is -0.497 e. The third-order valence-corrected chi connectivity index (χ3v) is 8.38. The molecule has 2 aromatic heterocycles. The fourth-order valence-corrected chi connectivity index (χ4v) is 6.15. The van der Waals surface area contributed by atoms with Crippen LogP contribution in [-0.4, -0.2) is 52.7 Å². The average Bonchev–Trinajstić information content (AvgIpc) is 3.72. The second-order valence-electron chi connectivity index (χ2n) is 9.83. The lowest BCUT2D eigenvalue weighted by Gasteiger charge is -2.26. The number of nitrogens with zero attached hydrogens (tertiary/aromatic N) is 3. The summed E-state index contributed by atoms with van der Waals surface area (Å²) in [6.45, 7) is 3.06. The minimum atomic E-state index is -0.133. The van der Waals surface area contributed by atoms with Crippen LogP contribution in [0.5, 0.6) is 5.75 Å². The van der Waals surface area contributed by atoms with Gasteiger partial charge in [0.2, 0.25) is 5.91 Å². The van der Waals surface area contributed by atoms with Crippen molar-refractivity contribution in [3.8, 4) is 5.75 Å². The van der Waals surface area contributed by atoms with Crippen molar-refractivity contribution in [2.45, 2.75) is 45.2 Å². The molecule has 0 bridgehead atoms. The molecule has 1 aromatic carbocycles. The van der Waals surface area contributed by atoms with Crippen LogP contribution in [0.4, 0.5) is 5.88 Å². The highest BCUT2D eigenvalue weighted by Gasteiger charge is 2.32. The first kappa shape index (κ1) is 28.0. The van der Waals surface area contributed by atoms with Gasteiger partial charge in [0.25, 0.3) is 5.91 Å². The van der Waals surface area contributed by atoms with Gasteiger partial charge in [-0.2, -0.15) is 0 Å². The van der Waals surface area contributed by atoms with Crippen molar-refractivity contribution in [3.63, 3.8) is 0 Å². The Morgan fingerprint density at radius 1 is 1.07 bits per heavy atom. The number of thioether (sulfide) groups is 1. The molecule has 4 heterocycles. The van der Waals surface area contributed by atoms with E-state index in [1.807, 2.05) is 54.6 Å². The second kappa shape index (κ2) is 13.2. The van der Waals surface area contributed by atoms with Crippen molar-refractivity contribution >= 4 is 52.1 Å². The van der Waals surface area contributed by atoms with Gasteiger partial charge in [0.1, 0.15) is 21.6 Å². The zero-order chi connectivity index (χ0) is 27.9. The van der Waals surface area contributed by atoms with Crippen LogP contribution in [0.15, 0.2) is 68.5 Å². The molecule has 0 radical (unpaired) electrons. The van der Waals surface area contributed by atoms with E-state index >= 15 is 0 Å². The molecule has 0 unspecified atom stereocenters. The number of amides is 2. The number of methoxy groups -OCH3 is 1. The molecule has 2 amide bonds. The summed E-state index contributed by atoms with van der Waals surface area (Å²) in [5, 5.41) is 0. The summed E-state index contributed by atoms with van der Waals surface area (Å²) >= 11 is 6.77. The maximum atomic E-state index is 13.3. The molecule has 3 aromatic rings. The van der Waals surface area contributed by atoms with Gasteiger partial charge in [0, 0.05) is 32.1 Å². The van der Waals surface area contributed by atoms with Gasteiger partial charge < -0.3 is 23.4 Å². The fourth-order valence-electron chi connectivity index (χ4n) is 4.84. The molecule has 2 aliphatic rings. The number of carbonyl (C=O) groups excluding carboxylic acids is 2. The van der Waals surface area contributed by atoms with Gasteiger partial charge in [-0.25, -0.2) is 0 Å². The summed E-state index contributed by atoms with van der Waals surface area (Å²) in [5.74, 6) is 2.89. The van der Waals surface area contributed by atoms with E-state index < -0.39 is 0 Å². The largest absolute Gasteiger partial charge is 0.497 e. The normalized spacial score (nSPS) is 16.7. The smallest absolute Gasteiger partial charge is 0.266 e. The summed E-state index contributed by atoms with van der Waals surface area (Å²) in [4.78, 5) is 32.5. The standard InChI is InChI=1S/C30H33N3O5S2/c1-36-23-11-9-22(10-12-23)19-26-29(35)33(30(39)40-26)17-5-8-27(34)32(20-24-7-6-18-37-24)21-25-13-14-28(38-25)31-15-3-2-4-16-31/h6-7,9-14,18-19H,2-5,8,15-17,20-21H2,1H3/b26-19-. The number of ether oxygens (including phenoxy) is 1. The highest BCUT2D eigenvalue weighted by Crippen LogP contribution is 2.33. The molecule has 5 rings (SSSR count). The SMILES string of the molecule is COc1ccc(/C=C2\SC(=S)N(CCCC(=O)N(Cc3ccco3)Cc3ccc(N4CCCCC4)o3)C2=O)cc1. The zero-order valence-corrected chi connectivity index (χ0v) is 24.2. The molecule has 2 fully saturated rings. The van der Waals surface area contributed by atoms with Gasteiger partial charge in [0.15, 0.2) is 5.88 Å². The fraction of sp³-hybridized carbons (Fsp3) is 0.367. The molecule has 0 aliphatic carbocycles. The Morgan fingerprint density at radius 2 is 1.85 bits per heavy atom. The maximum Gasteiger partial charge on any atom is 0.266 e. The van der Waals surface area contributed by atoms with E-state index in [0.717, 1.165) is 36.0 Å². The van der Waals surface area contributed by atoms with Gasteiger partial charge in [-0.1, -0.05) is 36.1 Å². The van der Waals surface area contributed by atoms with Gasteiger partial charge >= 0.3 is 0 Å². The molecule has 2 saturated heterocycles. The van der Waals surface area contributed by atoms with Crippen LogP contribution in [-0.2, 0) is 22.7 Å². The molecule has 10 heteroatoms. The van der Waals surface area contributed by atoms with E-state index in [0.29, 0.717) is 41.0 Å². The predicted molar refractivity (Wildman–Crippen MR) is 160 cm³/mol. The Bertz CT molecular complexity index is 1340. The summed E-state index contributed by atoms with van der Waals surface area (Å²) in [6.07, 6.45) is 7.79. The summed E-state index contributed by atoms with van der Waals surface area (Å²) < 4.78 is 17.3. The number of piperidine rings is 1. The van der Waals surface area contributed by atoms with Crippen molar-refractivity contribution < 1.29 is 23.2 Å². The molecule has 0 spiro atoms. The van der Waals surface area contributed by atoms with Crippen LogP contribution in [0.1, 0.15) is 49.2 Å².